The highest BCUT2D eigenvalue weighted by Crippen LogP contribution is 2.27. The van der Waals surface area contributed by atoms with Crippen LogP contribution in [0, 0.1) is 11.6 Å². The number of hydrogen-bond acceptors (Lipinski definition) is 5. The minimum absolute atomic E-state index is 0.137. The van der Waals surface area contributed by atoms with E-state index in [0.29, 0.717) is 11.7 Å². The smallest absolute Gasteiger partial charge is 0.135 e. The molecule has 8 heteroatoms. The van der Waals surface area contributed by atoms with Gasteiger partial charge in [-0.1, -0.05) is 6.07 Å². The molecule has 0 radical (unpaired) electrons. The molecule has 1 aromatic carbocycles. The van der Waals surface area contributed by atoms with Gasteiger partial charge in [-0.2, -0.15) is 15.3 Å². The Labute approximate surface area is 155 Å². The van der Waals surface area contributed by atoms with Crippen LogP contribution in [0.2, 0.25) is 0 Å². The van der Waals surface area contributed by atoms with Gasteiger partial charge in [0.1, 0.15) is 17.3 Å². The van der Waals surface area contributed by atoms with Crippen molar-refractivity contribution in [1.82, 2.24) is 24.9 Å². The van der Waals surface area contributed by atoms with Crippen LogP contribution >= 0.6 is 0 Å². The first kappa shape index (κ1) is 17.5. The van der Waals surface area contributed by atoms with Gasteiger partial charge < -0.3 is 10.2 Å². The molecule has 0 saturated carbocycles. The maximum absolute atomic E-state index is 14.0. The molecule has 140 valence electrons. The Bertz CT molecular complexity index is 913. The van der Waals surface area contributed by atoms with Crippen molar-refractivity contribution >= 4 is 11.4 Å². The molecular formula is C19H20F2N6. The lowest BCUT2D eigenvalue weighted by atomic mass is 10.1. The summed E-state index contributed by atoms with van der Waals surface area (Å²) in [5.74, 6) is -1.34. The summed E-state index contributed by atoms with van der Waals surface area (Å²) in [5, 5.41) is 15.4. The van der Waals surface area contributed by atoms with E-state index in [-0.39, 0.29) is 11.3 Å². The second kappa shape index (κ2) is 7.40. The quantitative estimate of drug-likeness (QED) is 0.760. The number of aromatic nitrogens is 4. The highest BCUT2D eigenvalue weighted by atomic mass is 19.1. The predicted octanol–water partition coefficient (Wildman–Crippen LogP) is 3.63. The second-order valence-corrected chi connectivity index (χ2v) is 6.79. The van der Waals surface area contributed by atoms with E-state index in [1.165, 1.54) is 24.4 Å². The fourth-order valence-electron chi connectivity index (χ4n) is 3.33. The van der Waals surface area contributed by atoms with E-state index in [1.54, 1.807) is 12.3 Å². The van der Waals surface area contributed by atoms with Crippen LogP contribution in [0.5, 0.6) is 0 Å². The number of benzene rings is 1. The van der Waals surface area contributed by atoms with Gasteiger partial charge in [-0.25, -0.2) is 8.78 Å². The molecule has 0 amide bonds. The zero-order valence-corrected chi connectivity index (χ0v) is 14.9. The maximum atomic E-state index is 14.0. The second-order valence-electron chi connectivity index (χ2n) is 6.79. The number of hydrogen-bond donors (Lipinski definition) is 1. The predicted molar refractivity (Wildman–Crippen MR) is 98.7 cm³/mol. The van der Waals surface area contributed by atoms with Crippen LogP contribution in [0.3, 0.4) is 0 Å². The normalized spacial score (nSPS) is 15.8. The van der Waals surface area contributed by atoms with Gasteiger partial charge in [0.25, 0.3) is 0 Å². The number of piperidine rings is 1. The van der Waals surface area contributed by atoms with Gasteiger partial charge in [0, 0.05) is 6.20 Å². The molecule has 1 N–H and O–H groups in total. The van der Waals surface area contributed by atoms with Gasteiger partial charge >= 0.3 is 0 Å². The average molecular weight is 370 g/mol. The summed E-state index contributed by atoms with van der Waals surface area (Å²) < 4.78 is 29.9. The van der Waals surface area contributed by atoms with Crippen LogP contribution in [-0.2, 0) is 0 Å². The van der Waals surface area contributed by atoms with Crippen LogP contribution in [0.4, 0.5) is 20.2 Å². The number of nitrogens with one attached hydrogen (secondary N) is 1. The Morgan fingerprint density at radius 2 is 1.81 bits per heavy atom. The van der Waals surface area contributed by atoms with Gasteiger partial charge in [-0.15, -0.1) is 0 Å². The molecule has 27 heavy (non-hydrogen) atoms. The minimum Gasteiger partial charge on any atom is -0.352 e. The molecule has 0 unspecified atom stereocenters. The largest absolute Gasteiger partial charge is 0.352 e. The van der Waals surface area contributed by atoms with Crippen LogP contribution < -0.4 is 5.32 Å². The van der Waals surface area contributed by atoms with Crippen molar-refractivity contribution in [2.45, 2.75) is 18.9 Å². The Hall–Kier alpha value is -2.87. The molecule has 4 rings (SSSR count). The molecule has 2 aromatic heterocycles. The zero-order chi connectivity index (χ0) is 18.8. The van der Waals surface area contributed by atoms with Crippen molar-refractivity contribution in [2.24, 2.45) is 0 Å². The monoisotopic (exact) mass is 370 g/mol. The van der Waals surface area contributed by atoms with E-state index in [1.807, 2.05) is 10.9 Å². The summed E-state index contributed by atoms with van der Waals surface area (Å²) in [6.07, 6.45) is 7.31. The molecule has 0 atom stereocenters. The van der Waals surface area contributed by atoms with Crippen molar-refractivity contribution in [3.05, 3.63) is 54.5 Å². The molecular weight excluding hydrogens is 350 g/mol. The molecule has 0 spiro atoms. The molecule has 0 aliphatic carbocycles. The number of nitrogens with zero attached hydrogens (tertiary/aromatic N) is 5. The standard InChI is InChI=1S/C19H20F2N6/c1-26-7-5-15(6-8-26)27-12-14(11-23-27)24-13-9-18(25-22-10-13)19-16(20)3-2-4-17(19)21/h2-4,9-12,15H,5-8H2,1H3,(H,24,25). The van der Waals surface area contributed by atoms with E-state index in [4.69, 9.17) is 0 Å². The summed E-state index contributed by atoms with van der Waals surface area (Å²) in [4.78, 5) is 2.31. The van der Waals surface area contributed by atoms with E-state index < -0.39 is 11.6 Å². The molecule has 6 nitrogen and oxygen atoms in total. The van der Waals surface area contributed by atoms with E-state index in [2.05, 4.69) is 32.6 Å². The molecule has 3 heterocycles. The Balaban J connectivity index is 1.52. The van der Waals surface area contributed by atoms with Gasteiger partial charge in [-0.05, 0) is 51.2 Å². The van der Waals surface area contributed by atoms with Gasteiger partial charge in [0.15, 0.2) is 0 Å². The molecule has 0 bridgehead atoms. The van der Waals surface area contributed by atoms with Crippen LogP contribution in [0.25, 0.3) is 11.3 Å². The lowest BCUT2D eigenvalue weighted by molar-refractivity contribution is 0.212. The lowest BCUT2D eigenvalue weighted by Gasteiger charge is -2.28. The third-order valence-corrected chi connectivity index (χ3v) is 4.83. The highest BCUT2D eigenvalue weighted by molar-refractivity contribution is 5.67. The van der Waals surface area contributed by atoms with Crippen molar-refractivity contribution < 1.29 is 8.78 Å². The SMILES string of the molecule is CN1CCC(n2cc(Nc3cnnc(-c4c(F)cccc4F)c3)cn2)CC1. The maximum Gasteiger partial charge on any atom is 0.135 e. The minimum atomic E-state index is -0.670. The van der Waals surface area contributed by atoms with Gasteiger partial charge in [0.2, 0.25) is 0 Å². The lowest BCUT2D eigenvalue weighted by Crippen LogP contribution is -2.31. The average Bonchev–Trinajstić information content (AvgIpc) is 3.11. The van der Waals surface area contributed by atoms with Crippen LogP contribution in [0.1, 0.15) is 18.9 Å². The molecule has 3 aromatic rings. The van der Waals surface area contributed by atoms with Crippen LogP contribution in [0.15, 0.2) is 42.9 Å². The summed E-state index contributed by atoms with van der Waals surface area (Å²) in [5.41, 5.74) is 1.33. The summed E-state index contributed by atoms with van der Waals surface area (Å²) in [6.45, 7) is 2.11. The third kappa shape index (κ3) is 3.80. The van der Waals surface area contributed by atoms with Crippen LogP contribution in [-0.4, -0.2) is 45.0 Å². The molecule has 1 aliphatic heterocycles. The first-order chi connectivity index (χ1) is 13.1. The molecule has 1 aliphatic rings. The highest BCUT2D eigenvalue weighted by Gasteiger charge is 2.19. The Morgan fingerprint density at radius 3 is 2.56 bits per heavy atom. The molecule has 1 fully saturated rings. The number of likely N-dealkylation sites (tertiary alicyclic amines) is 1. The van der Waals surface area contributed by atoms with Gasteiger partial charge in [-0.3, -0.25) is 4.68 Å². The van der Waals surface area contributed by atoms with Crippen molar-refractivity contribution in [3.8, 4) is 11.3 Å². The van der Waals surface area contributed by atoms with Crippen molar-refractivity contribution in [2.75, 3.05) is 25.5 Å². The number of anilines is 2. The summed E-state index contributed by atoms with van der Waals surface area (Å²) in [6, 6.07) is 5.68. The first-order valence-electron chi connectivity index (χ1n) is 8.87. The third-order valence-electron chi connectivity index (χ3n) is 4.83. The Morgan fingerprint density at radius 1 is 1.07 bits per heavy atom. The van der Waals surface area contributed by atoms with E-state index in [0.717, 1.165) is 31.6 Å². The topological polar surface area (TPSA) is 58.9 Å². The van der Waals surface area contributed by atoms with Gasteiger partial charge in [0.05, 0.1) is 35.4 Å². The fourth-order valence-corrected chi connectivity index (χ4v) is 3.33. The summed E-state index contributed by atoms with van der Waals surface area (Å²) >= 11 is 0. The van der Waals surface area contributed by atoms with Crippen molar-refractivity contribution in [1.29, 1.82) is 0 Å². The van der Waals surface area contributed by atoms with E-state index >= 15 is 0 Å². The fraction of sp³-hybridized carbons (Fsp3) is 0.316. The van der Waals surface area contributed by atoms with Crippen molar-refractivity contribution in [3.63, 3.8) is 0 Å². The number of halogens is 2. The van der Waals surface area contributed by atoms with E-state index in [9.17, 15) is 8.78 Å². The molecule has 1 saturated heterocycles. The number of rotatable bonds is 4. The first-order valence-corrected chi connectivity index (χ1v) is 8.87. The summed E-state index contributed by atoms with van der Waals surface area (Å²) in [7, 11) is 2.12. The zero-order valence-electron chi connectivity index (χ0n) is 14.9. The Kier molecular flexibility index (Phi) is 4.81.